The molecule has 5 nitrogen and oxygen atoms in total. The fraction of sp³-hybridized carbons (Fsp3) is 0.222. The number of benzene rings is 2. The van der Waals surface area contributed by atoms with E-state index in [-0.39, 0.29) is 11.3 Å². The predicted octanol–water partition coefficient (Wildman–Crippen LogP) is 5.55. The zero-order chi connectivity index (χ0) is 23.1. The van der Waals surface area contributed by atoms with E-state index in [9.17, 15) is 14.7 Å². The molecule has 1 amide bonds. The van der Waals surface area contributed by atoms with Gasteiger partial charge in [-0.05, 0) is 85.2 Å². The Hall–Kier alpha value is -3.44. The van der Waals surface area contributed by atoms with Crippen LogP contribution in [0.1, 0.15) is 46.7 Å². The molecule has 2 aromatic carbocycles. The number of ketones is 1. The molecule has 166 valence electrons. The van der Waals surface area contributed by atoms with Gasteiger partial charge in [-0.3, -0.25) is 19.5 Å². The number of aliphatic hydroxyl groups excluding tert-OH is 1. The van der Waals surface area contributed by atoms with Crippen molar-refractivity contribution in [3.8, 4) is 0 Å². The lowest BCUT2D eigenvalue weighted by Gasteiger charge is -2.26. The number of pyridine rings is 1. The van der Waals surface area contributed by atoms with E-state index < -0.39 is 17.7 Å². The summed E-state index contributed by atoms with van der Waals surface area (Å²) in [6.07, 6.45) is 7.44. The van der Waals surface area contributed by atoms with Crippen molar-refractivity contribution >= 4 is 34.7 Å². The summed E-state index contributed by atoms with van der Waals surface area (Å²) in [6, 6.07) is 13.8. The summed E-state index contributed by atoms with van der Waals surface area (Å²) in [5, 5.41) is 11.8. The first kappa shape index (κ1) is 21.4. The van der Waals surface area contributed by atoms with E-state index in [0.29, 0.717) is 21.8 Å². The third-order valence-corrected chi connectivity index (χ3v) is 6.93. The van der Waals surface area contributed by atoms with Crippen molar-refractivity contribution in [2.75, 3.05) is 4.90 Å². The highest BCUT2D eigenvalue weighted by molar-refractivity contribution is 6.51. The van der Waals surface area contributed by atoms with Crippen molar-refractivity contribution in [2.45, 2.75) is 38.6 Å². The smallest absolute Gasteiger partial charge is 0.300 e. The van der Waals surface area contributed by atoms with E-state index in [1.165, 1.54) is 16.0 Å². The van der Waals surface area contributed by atoms with Crippen molar-refractivity contribution in [3.63, 3.8) is 0 Å². The molecule has 1 N–H and O–H groups in total. The van der Waals surface area contributed by atoms with Gasteiger partial charge in [0, 0.05) is 28.7 Å². The standard InChI is InChI=1S/C27H23ClN2O3/c1-16-6-9-21(15-22(16)28)30-24(18-10-12-29-13-11-18)23(26(32)27(30)33)25(31)20-8-7-17-4-2-3-5-19(17)14-20/h6-15,24,31H,2-5H2,1H3/b25-23-. The third kappa shape index (κ3) is 3.72. The molecule has 0 saturated carbocycles. The van der Waals surface area contributed by atoms with Crippen LogP contribution < -0.4 is 4.90 Å². The Labute approximate surface area is 197 Å². The molecule has 6 heteroatoms. The van der Waals surface area contributed by atoms with Crippen LogP contribution in [0.15, 0.2) is 66.5 Å². The SMILES string of the molecule is Cc1ccc(N2C(=O)C(=O)/C(=C(\O)c3ccc4c(c3)CCCC4)C2c2ccncc2)cc1Cl. The summed E-state index contributed by atoms with van der Waals surface area (Å²) in [5.74, 6) is -1.58. The van der Waals surface area contributed by atoms with Gasteiger partial charge in [-0.25, -0.2) is 0 Å². The quantitative estimate of drug-likeness (QED) is 0.317. The average Bonchev–Trinajstić information content (AvgIpc) is 3.11. The van der Waals surface area contributed by atoms with Crippen LogP contribution in [0.2, 0.25) is 5.02 Å². The molecular weight excluding hydrogens is 436 g/mol. The van der Waals surface area contributed by atoms with Crippen molar-refractivity contribution in [3.05, 3.63) is 99.3 Å². The lowest BCUT2D eigenvalue weighted by Crippen LogP contribution is -2.29. The van der Waals surface area contributed by atoms with E-state index in [0.717, 1.165) is 31.2 Å². The molecule has 1 aromatic heterocycles. The van der Waals surface area contributed by atoms with E-state index in [1.807, 2.05) is 31.2 Å². The number of aryl methyl sites for hydroxylation is 3. The zero-order valence-electron chi connectivity index (χ0n) is 18.2. The van der Waals surface area contributed by atoms with Crippen LogP contribution in [0.3, 0.4) is 0 Å². The Morgan fingerprint density at radius 2 is 1.73 bits per heavy atom. The summed E-state index contributed by atoms with van der Waals surface area (Å²) >= 11 is 6.34. The number of hydrogen-bond acceptors (Lipinski definition) is 4. The first-order valence-corrected chi connectivity index (χ1v) is 11.4. The Bertz CT molecular complexity index is 1300. The number of aliphatic hydroxyl groups is 1. The first-order valence-electron chi connectivity index (χ1n) is 11.0. The van der Waals surface area contributed by atoms with Crippen molar-refractivity contribution in [2.24, 2.45) is 0 Å². The number of rotatable bonds is 3. The van der Waals surface area contributed by atoms with Gasteiger partial charge in [-0.1, -0.05) is 29.8 Å². The van der Waals surface area contributed by atoms with Gasteiger partial charge < -0.3 is 5.11 Å². The Morgan fingerprint density at radius 3 is 2.45 bits per heavy atom. The number of amides is 1. The molecule has 1 aliphatic heterocycles. The summed E-state index contributed by atoms with van der Waals surface area (Å²) in [6.45, 7) is 1.87. The highest BCUT2D eigenvalue weighted by Gasteiger charge is 2.47. The minimum Gasteiger partial charge on any atom is -0.507 e. The van der Waals surface area contributed by atoms with Gasteiger partial charge in [0.1, 0.15) is 5.76 Å². The van der Waals surface area contributed by atoms with Gasteiger partial charge in [0.2, 0.25) is 0 Å². The first-order chi connectivity index (χ1) is 16.0. The minimum atomic E-state index is -0.789. The van der Waals surface area contributed by atoms with E-state index in [1.54, 1.807) is 36.7 Å². The minimum absolute atomic E-state index is 0.0682. The van der Waals surface area contributed by atoms with E-state index in [4.69, 9.17) is 11.6 Å². The molecule has 1 atom stereocenters. The Kier molecular flexibility index (Phi) is 5.51. The molecule has 1 aliphatic carbocycles. The van der Waals surface area contributed by atoms with Gasteiger partial charge >= 0.3 is 0 Å². The molecule has 1 saturated heterocycles. The Morgan fingerprint density at radius 1 is 1.00 bits per heavy atom. The largest absolute Gasteiger partial charge is 0.507 e. The highest BCUT2D eigenvalue weighted by Crippen LogP contribution is 2.43. The second-order valence-corrected chi connectivity index (χ2v) is 8.98. The molecule has 1 fully saturated rings. The van der Waals surface area contributed by atoms with Crippen LogP contribution >= 0.6 is 11.6 Å². The fourth-order valence-electron chi connectivity index (χ4n) is 4.73. The van der Waals surface area contributed by atoms with Gasteiger partial charge in [0.15, 0.2) is 0 Å². The van der Waals surface area contributed by atoms with E-state index in [2.05, 4.69) is 4.98 Å². The van der Waals surface area contributed by atoms with Gasteiger partial charge in [-0.2, -0.15) is 0 Å². The predicted molar refractivity (Wildman–Crippen MR) is 128 cm³/mol. The zero-order valence-corrected chi connectivity index (χ0v) is 19.0. The molecule has 33 heavy (non-hydrogen) atoms. The molecule has 1 unspecified atom stereocenters. The van der Waals surface area contributed by atoms with E-state index >= 15 is 0 Å². The van der Waals surface area contributed by atoms with Crippen LogP contribution in [0.5, 0.6) is 0 Å². The number of anilines is 1. The topological polar surface area (TPSA) is 70.5 Å². The number of aromatic nitrogens is 1. The molecule has 0 bridgehead atoms. The lowest BCUT2D eigenvalue weighted by atomic mass is 9.89. The fourth-order valence-corrected chi connectivity index (χ4v) is 4.90. The second-order valence-electron chi connectivity index (χ2n) is 8.57. The number of carbonyl (C=O) groups excluding carboxylic acids is 2. The Balaban J connectivity index is 1.69. The molecule has 2 heterocycles. The molecule has 5 rings (SSSR count). The van der Waals surface area contributed by atoms with Gasteiger partial charge in [0.25, 0.3) is 11.7 Å². The normalized spacial score (nSPS) is 19.6. The summed E-state index contributed by atoms with van der Waals surface area (Å²) in [7, 11) is 0. The van der Waals surface area contributed by atoms with Crippen LogP contribution in [0.25, 0.3) is 5.76 Å². The van der Waals surface area contributed by atoms with Crippen LogP contribution in [-0.2, 0) is 22.4 Å². The number of carbonyl (C=O) groups is 2. The molecule has 3 aromatic rings. The van der Waals surface area contributed by atoms with Crippen molar-refractivity contribution < 1.29 is 14.7 Å². The monoisotopic (exact) mass is 458 g/mol. The highest BCUT2D eigenvalue weighted by atomic mass is 35.5. The average molecular weight is 459 g/mol. The summed E-state index contributed by atoms with van der Waals surface area (Å²) < 4.78 is 0. The van der Waals surface area contributed by atoms with Crippen LogP contribution in [0, 0.1) is 6.92 Å². The number of nitrogens with zero attached hydrogens (tertiary/aromatic N) is 2. The molecule has 0 radical (unpaired) electrons. The summed E-state index contributed by atoms with van der Waals surface area (Å²) in [5.41, 5.74) is 5.13. The second kappa shape index (κ2) is 8.49. The third-order valence-electron chi connectivity index (χ3n) is 6.52. The van der Waals surface area contributed by atoms with Crippen LogP contribution in [0.4, 0.5) is 5.69 Å². The number of fused-ring (bicyclic) bond motifs is 1. The number of halogens is 1. The maximum Gasteiger partial charge on any atom is 0.300 e. The maximum atomic E-state index is 13.3. The lowest BCUT2D eigenvalue weighted by molar-refractivity contribution is -0.132. The summed E-state index contributed by atoms with van der Waals surface area (Å²) in [4.78, 5) is 32.0. The van der Waals surface area contributed by atoms with Crippen molar-refractivity contribution in [1.82, 2.24) is 4.98 Å². The number of hydrogen-bond donors (Lipinski definition) is 1. The maximum absolute atomic E-state index is 13.3. The molecule has 0 spiro atoms. The number of Topliss-reactive ketones (excluding diaryl/α,β-unsaturated/α-hetero) is 1. The van der Waals surface area contributed by atoms with Gasteiger partial charge in [0.05, 0.1) is 11.6 Å². The van der Waals surface area contributed by atoms with Gasteiger partial charge in [-0.15, -0.1) is 0 Å². The molecular formula is C27H23ClN2O3. The molecule has 2 aliphatic rings. The van der Waals surface area contributed by atoms with Crippen molar-refractivity contribution in [1.29, 1.82) is 0 Å². The van der Waals surface area contributed by atoms with Crippen LogP contribution in [-0.4, -0.2) is 21.8 Å².